The van der Waals surface area contributed by atoms with Gasteiger partial charge in [0.1, 0.15) is 0 Å². The van der Waals surface area contributed by atoms with Gasteiger partial charge < -0.3 is 9.84 Å². The van der Waals surface area contributed by atoms with E-state index in [-0.39, 0.29) is 0 Å². The molecule has 2 aromatic rings. The van der Waals surface area contributed by atoms with Gasteiger partial charge in [-0.1, -0.05) is 11.2 Å². The summed E-state index contributed by atoms with van der Waals surface area (Å²) in [5, 5.41) is 6.88. The van der Waals surface area contributed by atoms with Gasteiger partial charge in [-0.2, -0.15) is 4.98 Å². The summed E-state index contributed by atoms with van der Waals surface area (Å²) in [6, 6.07) is 6.22. The van der Waals surface area contributed by atoms with Crippen LogP contribution in [0, 0.1) is 0 Å². The molecule has 0 atom stereocenters. The molecule has 0 radical (unpaired) electrons. The summed E-state index contributed by atoms with van der Waals surface area (Å²) < 4.78 is 5.00. The van der Waals surface area contributed by atoms with Crippen LogP contribution in [0.1, 0.15) is 11.1 Å². The van der Waals surface area contributed by atoms with Gasteiger partial charge >= 0.3 is 0 Å². The van der Waals surface area contributed by atoms with Gasteiger partial charge in [-0.3, -0.25) is 0 Å². The van der Waals surface area contributed by atoms with Crippen molar-refractivity contribution >= 4 is 0 Å². The second kappa shape index (κ2) is 2.92. The third-order valence-corrected chi connectivity index (χ3v) is 2.45. The van der Waals surface area contributed by atoms with E-state index in [1.807, 2.05) is 6.07 Å². The molecule has 0 aliphatic carbocycles. The van der Waals surface area contributed by atoms with Crippen LogP contribution in [0.4, 0.5) is 0 Å². The van der Waals surface area contributed by atoms with E-state index in [1.54, 1.807) is 0 Å². The van der Waals surface area contributed by atoms with Crippen LogP contribution in [-0.4, -0.2) is 10.1 Å². The first kappa shape index (κ1) is 7.70. The topological polar surface area (TPSA) is 51.0 Å². The second-order valence-electron chi connectivity index (χ2n) is 3.33. The molecule has 1 aliphatic rings. The van der Waals surface area contributed by atoms with Crippen LogP contribution in [0.5, 0.6) is 0 Å². The van der Waals surface area contributed by atoms with Gasteiger partial charge in [0, 0.05) is 18.7 Å². The van der Waals surface area contributed by atoms with Crippen LogP contribution in [0.3, 0.4) is 0 Å². The van der Waals surface area contributed by atoms with E-state index in [9.17, 15) is 0 Å². The lowest BCUT2D eigenvalue weighted by Gasteiger charge is -1.99. The average Bonchev–Trinajstić information content (AvgIpc) is 2.88. The molecule has 4 heteroatoms. The number of nitrogens with one attached hydrogen (secondary N) is 1. The Labute approximate surface area is 80.9 Å². The van der Waals surface area contributed by atoms with E-state index in [4.69, 9.17) is 4.52 Å². The molecular weight excluding hydrogens is 178 g/mol. The minimum atomic E-state index is 0.583. The van der Waals surface area contributed by atoms with Crippen LogP contribution < -0.4 is 5.32 Å². The lowest BCUT2D eigenvalue weighted by Crippen LogP contribution is -1.99. The Bertz CT molecular complexity index is 450. The number of benzene rings is 1. The number of fused-ring (bicyclic) bond motifs is 1. The Morgan fingerprint density at radius 2 is 2.14 bits per heavy atom. The number of hydrogen-bond acceptors (Lipinski definition) is 4. The summed E-state index contributed by atoms with van der Waals surface area (Å²) in [6.07, 6.45) is 1.42. The summed E-state index contributed by atoms with van der Waals surface area (Å²) in [5.41, 5.74) is 3.67. The van der Waals surface area contributed by atoms with Crippen LogP contribution >= 0.6 is 0 Å². The summed E-state index contributed by atoms with van der Waals surface area (Å²) in [7, 11) is 0. The molecule has 4 nitrogen and oxygen atoms in total. The highest BCUT2D eigenvalue weighted by molar-refractivity contribution is 5.56. The fourth-order valence-corrected chi connectivity index (χ4v) is 1.73. The minimum absolute atomic E-state index is 0.583. The van der Waals surface area contributed by atoms with Gasteiger partial charge in [-0.05, 0) is 23.3 Å². The standard InChI is InChI=1S/C10H9N3O/c1-2-8-4-11-5-9(8)3-7(1)10-12-6-13-14-10/h1-3,6,11H,4-5H2. The Balaban J connectivity index is 2.09. The molecule has 14 heavy (non-hydrogen) atoms. The maximum absolute atomic E-state index is 5.00. The summed E-state index contributed by atoms with van der Waals surface area (Å²) in [4.78, 5) is 4.01. The Morgan fingerprint density at radius 1 is 1.21 bits per heavy atom. The largest absolute Gasteiger partial charge is 0.334 e. The SMILES string of the molecule is c1noc(-c2ccc3c(c2)CNC3)n1. The van der Waals surface area contributed by atoms with Crippen LogP contribution in [0.2, 0.25) is 0 Å². The van der Waals surface area contributed by atoms with Crippen LogP contribution in [0.25, 0.3) is 11.5 Å². The molecule has 0 saturated carbocycles. The predicted molar refractivity (Wildman–Crippen MR) is 50.3 cm³/mol. The van der Waals surface area contributed by atoms with Crippen molar-refractivity contribution in [3.05, 3.63) is 35.7 Å². The zero-order valence-electron chi connectivity index (χ0n) is 7.53. The Morgan fingerprint density at radius 3 is 3.00 bits per heavy atom. The molecule has 0 fully saturated rings. The van der Waals surface area contributed by atoms with E-state index in [1.165, 1.54) is 17.5 Å². The zero-order chi connectivity index (χ0) is 9.38. The highest BCUT2D eigenvalue weighted by Gasteiger charge is 2.12. The lowest BCUT2D eigenvalue weighted by molar-refractivity contribution is 0.430. The van der Waals surface area contributed by atoms with Gasteiger partial charge in [0.2, 0.25) is 0 Å². The van der Waals surface area contributed by atoms with E-state index >= 15 is 0 Å². The van der Waals surface area contributed by atoms with Crippen molar-refractivity contribution < 1.29 is 4.52 Å². The highest BCUT2D eigenvalue weighted by atomic mass is 16.5. The molecular formula is C10H9N3O. The number of aromatic nitrogens is 2. The fourth-order valence-electron chi connectivity index (χ4n) is 1.73. The number of hydrogen-bond donors (Lipinski definition) is 1. The van der Waals surface area contributed by atoms with Gasteiger partial charge in [-0.15, -0.1) is 0 Å². The van der Waals surface area contributed by atoms with Crippen molar-refractivity contribution in [1.82, 2.24) is 15.5 Å². The third-order valence-electron chi connectivity index (χ3n) is 2.45. The second-order valence-corrected chi connectivity index (χ2v) is 3.33. The summed E-state index contributed by atoms with van der Waals surface area (Å²) in [6.45, 7) is 1.89. The molecule has 1 aromatic heterocycles. The zero-order valence-corrected chi connectivity index (χ0v) is 7.53. The monoisotopic (exact) mass is 187 g/mol. The van der Waals surface area contributed by atoms with Crippen molar-refractivity contribution in [2.45, 2.75) is 13.1 Å². The van der Waals surface area contributed by atoms with Gasteiger partial charge in [0.05, 0.1) is 0 Å². The van der Waals surface area contributed by atoms with Crippen molar-refractivity contribution in [3.8, 4) is 11.5 Å². The smallest absolute Gasteiger partial charge is 0.257 e. The molecule has 0 bridgehead atoms. The molecule has 1 N–H and O–H groups in total. The van der Waals surface area contributed by atoms with E-state index in [0.29, 0.717) is 5.89 Å². The third kappa shape index (κ3) is 1.12. The molecule has 2 heterocycles. The highest BCUT2D eigenvalue weighted by Crippen LogP contribution is 2.22. The van der Waals surface area contributed by atoms with Gasteiger partial charge in [0.15, 0.2) is 6.33 Å². The first-order valence-corrected chi connectivity index (χ1v) is 4.53. The lowest BCUT2D eigenvalue weighted by atomic mass is 10.1. The van der Waals surface area contributed by atoms with Crippen LogP contribution in [0.15, 0.2) is 29.0 Å². The molecule has 0 spiro atoms. The maximum atomic E-state index is 5.00. The van der Waals surface area contributed by atoms with Gasteiger partial charge in [-0.25, -0.2) is 0 Å². The predicted octanol–water partition coefficient (Wildman–Crippen LogP) is 1.34. The normalized spacial score (nSPS) is 14.3. The van der Waals surface area contributed by atoms with Crippen LogP contribution in [-0.2, 0) is 13.1 Å². The van der Waals surface area contributed by atoms with E-state index in [2.05, 4.69) is 27.6 Å². The first-order valence-electron chi connectivity index (χ1n) is 4.53. The quantitative estimate of drug-likeness (QED) is 0.732. The number of nitrogens with zero attached hydrogens (tertiary/aromatic N) is 2. The minimum Gasteiger partial charge on any atom is -0.334 e. The molecule has 1 aromatic carbocycles. The summed E-state index contributed by atoms with van der Waals surface area (Å²) in [5.74, 6) is 0.583. The molecule has 1 aliphatic heterocycles. The maximum Gasteiger partial charge on any atom is 0.257 e. The summed E-state index contributed by atoms with van der Waals surface area (Å²) >= 11 is 0. The molecule has 0 amide bonds. The van der Waals surface area contributed by atoms with Crippen molar-refractivity contribution in [2.75, 3.05) is 0 Å². The first-order chi connectivity index (χ1) is 6.93. The molecule has 70 valence electrons. The molecule has 0 unspecified atom stereocenters. The molecule has 3 rings (SSSR count). The Hall–Kier alpha value is -1.68. The van der Waals surface area contributed by atoms with Crippen molar-refractivity contribution in [1.29, 1.82) is 0 Å². The van der Waals surface area contributed by atoms with Crippen molar-refractivity contribution in [3.63, 3.8) is 0 Å². The fraction of sp³-hybridized carbons (Fsp3) is 0.200. The van der Waals surface area contributed by atoms with Crippen molar-refractivity contribution in [2.24, 2.45) is 0 Å². The van der Waals surface area contributed by atoms with E-state index in [0.717, 1.165) is 18.7 Å². The molecule has 0 saturated heterocycles. The van der Waals surface area contributed by atoms with E-state index < -0.39 is 0 Å². The number of rotatable bonds is 1. The van der Waals surface area contributed by atoms with Gasteiger partial charge in [0.25, 0.3) is 5.89 Å². The Kier molecular flexibility index (Phi) is 1.61. The average molecular weight is 187 g/mol.